The summed E-state index contributed by atoms with van der Waals surface area (Å²) >= 11 is 0. The molecule has 0 aliphatic carbocycles. The van der Waals surface area contributed by atoms with Crippen molar-refractivity contribution in [2.24, 2.45) is 5.92 Å². The van der Waals surface area contributed by atoms with Crippen molar-refractivity contribution in [3.05, 3.63) is 59.7 Å². The molecule has 24 heavy (non-hydrogen) atoms. The molecule has 2 rings (SSSR count). The Balaban J connectivity index is 2.19. The van der Waals surface area contributed by atoms with E-state index in [1.165, 1.54) is 12.5 Å². The number of nitrogens with one attached hydrogen (secondary N) is 2. The Labute approximate surface area is 143 Å². The van der Waals surface area contributed by atoms with Gasteiger partial charge in [0, 0.05) is 18.3 Å². The van der Waals surface area contributed by atoms with Crippen LogP contribution in [0.3, 0.4) is 0 Å². The number of carbonyl (C=O) groups excluding carboxylic acids is 2. The van der Waals surface area contributed by atoms with E-state index < -0.39 is 0 Å². The first-order chi connectivity index (χ1) is 11.4. The molecule has 0 aliphatic heterocycles. The van der Waals surface area contributed by atoms with Crippen LogP contribution in [0.1, 0.15) is 37.8 Å². The molecular weight excluding hydrogens is 300 g/mol. The maximum Gasteiger partial charge on any atom is 0.232 e. The quantitative estimate of drug-likeness (QED) is 0.860. The van der Waals surface area contributed by atoms with E-state index in [9.17, 15) is 9.59 Å². The molecule has 0 radical (unpaired) electrons. The van der Waals surface area contributed by atoms with Crippen LogP contribution in [0, 0.1) is 12.8 Å². The van der Waals surface area contributed by atoms with Crippen LogP contribution in [-0.2, 0) is 9.59 Å². The zero-order valence-electron chi connectivity index (χ0n) is 14.6. The van der Waals surface area contributed by atoms with Gasteiger partial charge in [0.15, 0.2) is 0 Å². The lowest BCUT2D eigenvalue weighted by Gasteiger charge is -2.21. The lowest BCUT2D eigenvalue weighted by Crippen LogP contribution is -2.25. The van der Waals surface area contributed by atoms with Crippen molar-refractivity contribution in [2.45, 2.75) is 33.6 Å². The summed E-state index contributed by atoms with van der Waals surface area (Å²) in [5, 5.41) is 5.68. The minimum Gasteiger partial charge on any atom is -0.326 e. The average molecular weight is 324 g/mol. The van der Waals surface area contributed by atoms with Crippen molar-refractivity contribution in [2.75, 3.05) is 10.6 Å². The molecule has 0 aromatic heterocycles. The van der Waals surface area contributed by atoms with Gasteiger partial charge in [-0.25, -0.2) is 0 Å². The fourth-order valence-corrected chi connectivity index (χ4v) is 2.71. The number of benzene rings is 2. The lowest BCUT2D eigenvalue weighted by molar-refractivity contribution is -0.118. The smallest absolute Gasteiger partial charge is 0.232 e. The predicted octanol–water partition coefficient (Wildman–Crippen LogP) is 4.33. The van der Waals surface area contributed by atoms with Crippen LogP contribution in [0.15, 0.2) is 48.5 Å². The summed E-state index contributed by atoms with van der Waals surface area (Å²) < 4.78 is 0. The van der Waals surface area contributed by atoms with E-state index in [1.54, 1.807) is 18.2 Å². The maximum atomic E-state index is 12.8. The molecule has 2 aromatic carbocycles. The van der Waals surface area contributed by atoms with E-state index in [-0.39, 0.29) is 23.7 Å². The van der Waals surface area contributed by atoms with Crippen LogP contribution in [0.5, 0.6) is 0 Å². The second-order valence-electron chi connectivity index (χ2n) is 6.38. The van der Waals surface area contributed by atoms with E-state index in [4.69, 9.17) is 0 Å². The zero-order chi connectivity index (χ0) is 17.7. The van der Waals surface area contributed by atoms with Gasteiger partial charge in [-0.05, 0) is 36.6 Å². The second kappa shape index (κ2) is 7.77. The highest BCUT2D eigenvalue weighted by molar-refractivity contribution is 5.97. The number of anilines is 2. The van der Waals surface area contributed by atoms with Crippen LogP contribution < -0.4 is 10.6 Å². The molecular formula is C20H24N2O2. The van der Waals surface area contributed by atoms with Gasteiger partial charge in [-0.3, -0.25) is 9.59 Å². The van der Waals surface area contributed by atoms with Gasteiger partial charge in [-0.1, -0.05) is 49.7 Å². The number of rotatable bonds is 5. The van der Waals surface area contributed by atoms with Crippen LogP contribution >= 0.6 is 0 Å². The van der Waals surface area contributed by atoms with Crippen molar-refractivity contribution in [1.29, 1.82) is 0 Å². The van der Waals surface area contributed by atoms with E-state index in [2.05, 4.69) is 10.6 Å². The molecule has 1 atom stereocenters. The van der Waals surface area contributed by atoms with E-state index in [0.717, 1.165) is 5.56 Å². The normalized spacial score (nSPS) is 11.9. The second-order valence-corrected chi connectivity index (χ2v) is 6.38. The molecule has 0 spiro atoms. The van der Waals surface area contributed by atoms with Gasteiger partial charge < -0.3 is 10.6 Å². The summed E-state index contributed by atoms with van der Waals surface area (Å²) in [4.78, 5) is 23.9. The Bertz CT molecular complexity index is 721. The Morgan fingerprint density at radius 3 is 2.04 bits per heavy atom. The summed E-state index contributed by atoms with van der Waals surface area (Å²) in [6, 6.07) is 15.2. The van der Waals surface area contributed by atoms with Gasteiger partial charge in [0.05, 0.1) is 5.92 Å². The Morgan fingerprint density at radius 1 is 0.917 bits per heavy atom. The molecule has 2 aromatic rings. The number of amides is 2. The van der Waals surface area contributed by atoms with Crippen LogP contribution in [0.25, 0.3) is 0 Å². The molecule has 0 fully saturated rings. The van der Waals surface area contributed by atoms with Crippen molar-refractivity contribution in [1.82, 2.24) is 0 Å². The third kappa shape index (κ3) is 4.69. The number of aryl methyl sites for hydroxylation is 1. The standard InChI is InChI=1S/C20H24N2O2/c1-13(2)19(16-10-8-14(3)9-11-16)20(24)22-18-7-5-6-17(12-18)21-15(4)23/h5-13,19H,1-4H3,(H,21,23)(H,22,24). The maximum absolute atomic E-state index is 12.8. The monoisotopic (exact) mass is 324 g/mol. The van der Waals surface area contributed by atoms with Crippen LogP contribution in [0.4, 0.5) is 11.4 Å². The number of hydrogen-bond donors (Lipinski definition) is 2. The molecule has 0 saturated heterocycles. The van der Waals surface area contributed by atoms with Gasteiger partial charge in [0.25, 0.3) is 0 Å². The molecule has 0 aliphatic rings. The van der Waals surface area contributed by atoms with Crippen LogP contribution in [0.2, 0.25) is 0 Å². The van der Waals surface area contributed by atoms with Gasteiger partial charge in [-0.15, -0.1) is 0 Å². The predicted molar refractivity (Wildman–Crippen MR) is 98.1 cm³/mol. The minimum absolute atomic E-state index is 0.0474. The van der Waals surface area contributed by atoms with E-state index in [1.807, 2.05) is 51.1 Å². The molecule has 4 heteroatoms. The van der Waals surface area contributed by atoms with Crippen molar-refractivity contribution in [3.63, 3.8) is 0 Å². The number of carbonyl (C=O) groups is 2. The summed E-state index contributed by atoms with van der Waals surface area (Å²) in [7, 11) is 0. The van der Waals surface area contributed by atoms with E-state index in [0.29, 0.717) is 11.4 Å². The topological polar surface area (TPSA) is 58.2 Å². The lowest BCUT2D eigenvalue weighted by atomic mass is 9.87. The van der Waals surface area contributed by atoms with Crippen LogP contribution in [-0.4, -0.2) is 11.8 Å². The van der Waals surface area contributed by atoms with Crippen molar-refractivity contribution < 1.29 is 9.59 Å². The fraction of sp³-hybridized carbons (Fsp3) is 0.300. The first-order valence-corrected chi connectivity index (χ1v) is 8.12. The summed E-state index contributed by atoms with van der Waals surface area (Å²) in [5.74, 6) is -0.242. The zero-order valence-corrected chi connectivity index (χ0v) is 14.6. The fourth-order valence-electron chi connectivity index (χ4n) is 2.71. The molecule has 0 bridgehead atoms. The largest absolute Gasteiger partial charge is 0.326 e. The summed E-state index contributed by atoms with van der Waals surface area (Å²) in [6.07, 6.45) is 0. The average Bonchev–Trinajstić information content (AvgIpc) is 2.48. The van der Waals surface area contributed by atoms with Crippen molar-refractivity contribution in [3.8, 4) is 0 Å². The molecule has 1 unspecified atom stereocenters. The highest BCUT2D eigenvalue weighted by Crippen LogP contribution is 2.27. The molecule has 2 amide bonds. The molecule has 0 heterocycles. The summed E-state index contributed by atoms with van der Waals surface area (Å²) in [6.45, 7) is 7.56. The third-order valence-corrected chi connectivity index (χ3v) is 3.84. The number of hydrogen-bond acceptors (Lipinski definition) is 2. The van der Waals surface area contributed by atoms with Gasteiger partial charge >= 0.3 is 0 Å². The highest BCUT2D eigenvalue weighted by Gasteiger charge is 2.24. The molecule has 0 saturated carbocycles. The Kier molecular flexibility index (Phi) is 5.74. The highest BCUT2D eigenvalue weighted by atomic mass is 16.2. The van der Waals surface area contributed by atoms with Gasteiger partial charge in [0.2, 0.25) is 11.8 Å². The first kappa shape index (κ1) is 17.7. The molecule has 4 nitrogen and oxygen atoms in total. The Morgan fingerprint density at radius 2 is 1.50 bits per heavy atom. The third-order valence-electron chi connectivity index (χ3n) is 3.84. The van der Waals surface area contributed by atoms with E-state index >= 15 is 0 Å². The Hall–Kier alpha value is -2.62. The van der Waals surface area contributed by atoms with Gasteiger partial charge in [0.1, 0.15) is 0 Å². The van der Waals surface area contributed by atoms with Crippen molar-refractivity contribution >= 4 is 23.2 Å². The first-order valence-electron chi connectivity index (χ1n) is 8.12. The molecule has 126 valence electrons. The SMILES string of the molecule is CC(=O)Nc1cccc(NC(=O)C(c2ccc(C)cc2)C(C)C)c1. The minimum atomic E-state index is -0.227. The molecule has 2 N–H and O–H groups in total. The van der Waals surface area contributed by atoms with Gasteiger partial charge in [-0.2, -0.15) is 0 Å². The summed E-state index contributed by atoms with van der Waals surface area (Å²) in [5.41, 5.74) is 3.51.